The standard InChI is InChI=1S/C20H28N2O/c1-15(2)8-13-19(23)20(21)17-9-11-18(12-10-17)22-14-16-6-4-3-5-7-16/h3-7,9-12,15,19-20,22-23H,8,13-14,21H2,1-2H3/t19-,20+/m0/s1. The molecule has 0 heterocycles. The third kappa shape index (κ3) is 5.70. The van der Waals surface area contributed by atoms with Crippen molar-refractivity contribution in [3.8, 4) is 0 Å². The fraction of sp³-hybridized carbons (Fsp3) is 0.400. The predicted octanol–water partition coefficient (Wildman–Crippen LogP) is 4.10. The summed E-state index contributed by atoms with van der Waals surface area (Å²) in [6.07, 6.45) is 1.25. The summed E-state index contributed by atoms with van der Waals surface area (Å²) in [6, 6.07) is 18.0. The molecule has 0 spiro atoms. The lowest BCUT2D eigenvalue weighted by molar-refractivity contribution is 0.128. The van der Waals surface area contributed by atoms with Crippen molar-refractivity contribution in [2.45, 2.75) is 45.4 Å². The van der Waals surface area contributed by atoms with Gasteiger partial charge in [0.25, 0.3) is 0 Å². The van der Waals surface area contributed by atoms with Crippen LogP contribution in [0.25, 0.3) is 0 Å². The first-order valence-corrected chi connectivity index (χ1v) is 8.37. The van der Waals surface area contributed by atoms with Crippen LogP contribution < -0.4 is 11.1 Å². The molecule has 124 valence electrons. The summed E-state index contributed by atoms with van der Waals surface area (Å²) < 4.78 is 0. The van der Waals surface area contributed by atoms with E-state index < -0.39 is 6.10 Å². The van der Waals surface area contributed by atoms with Gasteiger partial charge < -0.3 is 16.2 Å². The summed E-state index contributed by atoms with van der Waals surface area (Å²) in [4.78, 5) is 0. The van der Waals surface area contributed by atoms with Gasteiger partial charge in [-0.2, -0.15) is 0 Å². The van der Waals surface area contributed by atoms with Gasteiger partial charge in [0, 0.05) is 12.2 Å². The summed E-state index contributed by atoms with van der Waals surface area (Å²) >= 11 is 0. The van der Waals surface area contributed by atoms with E-state index in [9.17, 15) is 5.11 Å². The summed E-state index contributed by atoms with van der Waals surface area (Å²) in [7, 11) is 0. The van der Waals surface area contributed by atoms with Crippen molar-refractivity contribution in [2.24, 2.45) is 11.7 Å². The van der Waals surface area contributed by atoms with E-state index in [1.54, 1.807) is 0 Å². The molecule has 0 saturated carbocycles. The topological polar surface area (TPSA) is 58.3 Å². The molecule has 3 nitrogen and oxygen atoms in total. The fourth-order valence-corrected chi connectivity index (χ4v) is 2.53. The van der Waals surface area contributed by atoms with Crippen LogP contribution in [-0.4, -0.2) is 11.2 Å². The average molecular weight is 312 g/mol. The van der Waals surface area contributed by atoms with Crippen LogP contribution in [0.5, 0.6) is 0 Å². The van der Waals surface area contributed by atoms with Crippen LogP contribution in [-0.2, 0) is 6.54 Å². The number of aliphatic hydroxyl groups is 1. The van der Waals surface area contributed by atoms with Crippen molar-refractivity contribution in [1.29, 1.82) is 0 Å². The van der Waals surface area contributed by atoms with Crippen molar-refractivity contribution in [3.05, 3.63) is 65.7 Å². The Kier molecular flexibility index (Phi) is 6.63. The Bertz CT molecular complexity index is 566. The highest BCUT2D eigenvalue weighted by molar-refractivity contribution is 5.45. The Morgan fingerprint density at radius 3 is 2.22 bits per heavy atom. The Balaban J connectivity index is 1.88. The Morgan fingerprint density at radius 1 is 0.957 bits per heavy atom. The molecule has 0 aliphatic heterocycles. The zero-order valence-electron chi connectivity index (χ0n) is 14.1. The van der Waals surface area contributed by atoms with Gasteiger partial charge in [0.1, 0.15) is 0 Å². The van der Waals surface area contributed by atoms with E-state index in [0.29, 0.717) is 5.92 Å². The summed E-state index contributed by atoms with van der Waals surface area (Å²) in [6.45, 7) is 5.11. The first kappa shape index (κ1) is 17.5. The highest BCUT2D eigenvalue weighted by Gasteiger charge is 2.16. The van der Waals surface area contributed by atoms with E-state index in [1.165, 1.54) is 5.56 Å². The number of benzene rings is 2. The van der Waals surface area contributed by atoms with Gasteiger partial charge in [0.2, 0.25) is 0 Å². The molecule has 0 fully saturated rings. The van der Waals surface area contributed by atoms with E-state index in [-0.39, 0.29) is 6.04 Å². The minimum Gasteiger partial charge on any atom is -0.391 e. The lowest BCUT2D eigenvalue weighted by Crippen LogP contribution is -2.26. The van der Waals surface area contributed by atoms with E-state index in [1.807, 2.05) is 42.5 Å². The van der Waals surface area contributed by atoms with E-state index in [0.717, 1.165) is 30.6 Å². The maximum atomic E-state index is 10.2. The van der Waals surface area contributed by atoms with E-state index in [2.05, 4.69) is 31.3 Å². The van der Waals surface area contributed by atoms with Gasteiger partial charge in [-0.05, 0) is 42.0 Å². The minimum absolute atomic E-state index is 0.322. The van der Waals surface area contributed by atoms with Gasteiger partial charge >= 0.3 is 0 Å². The Hall–Kier alpha value is -1.84. The zero-order valence-corrected chi connectivity index (χ0v) is 14.1. The van der Waals surface area contributed by atoms with Crippen molar-refractivity contribution in [1.82, 2.24) is 0 Å². The number of anilines is 1. The van der Waals surface area contributed by atoms with Gasteiger partial charge in [-0.3, -0.25) is 0 Å². The maximum absolute atomic E-state index is 10.2. The highest BCUT2D eigenvalue weighted by atomic mass is 16.3. The smallest absolute Gasteiger partial charge is 0.0732 e. The minimum atomic E-state index is -0.486. The maximum Gasteiger partial charge on any atom is 0.0732 e. The average Bonchev–Trinajstić information content (AvgIpc) is 2.58. The molecule has 0 aromatic heterocycles. The number of aliphatic hydroxyl groups excluding tert-OH is 1. The second-order valence-corrected chi connectivity index (χ2v) is 6.53. The second-order valence-electron chi connectivity index (χ2n) is 6.53. The Morgan fingerprint density at radius 2 is 1.61 bits per heavy atom. The molecule has 0 saturated heterocycles. The van der Waals surface area contributed by atoms with Gasteiger partial charge in [0.15, 0.2) is 0 Å². The van der Waals surface area contributed by atoms with Crippen LogP contribution in [0, 0.1) is 5.92 Å². The van der Waals surface area contributed by atoms with Gasteiger partial charge in [-0.1, -0.05) is 56.3 Å². The molecule has 0 radical (unpaired) electrons. The number of nitrogens with two attached hydrogens (primary N) is 1. The third-order valence-electron chi connectivity index (χ3n) is 4.09. The molecule has 2 aromatic rings. The number of nitrogens with one attached hydrogen (secondary N) is 1. The lowest BCUT2D eigenvalue weighted by Gasteiger charge is -2.20. The summed E-state index contributed by atoms with van der Waals surface area (Å²) in [5.41, 5.74) is 9.45. The highest BCUT2D eigenvalue weighted by Crippen LogP contribution is 2.21. The molecule has 23 heavy (non-hydrogen) atoms. The SMILES string of the molecule is CC(C)CC[C@H](O)[C@H](N)c1ccc(NCc2ccccc2)cc1. The number of hydrogen-bond donors (Lipinski definition) is 3. The molecular weight excluding hydrogens is 284 g/mol. The van der Waals surface area contributed by atoms with Crippen LogP contribution in [0.2, 0.25) is 0 Å². The largest absolute Gasteiger partial charge is 0.391 e. The quantitative estimate of drug-likeness (QED) is 0.688. The molecule has 4 N–H and O–H groups in total. The summed E-state index contributed by atoms with van der Waals surface area (Å²) in [5.74, 6) is 0.585. The number of rotatable bonds is 8. The van der Waals surface area contributed by atoms with Crippen molar-refractivity contribution in [3.63, 3.8) is 0 Å². The molecule has 2 atom stereocenters. The molecule has 0 unspecified atom stereocenters. The van der Waals surface area contributed by atoms with Crippen LogP contribution in [0.1, 0.15) is 43.9 Å². The van der Waals surface area contributed by atoms with Crippen molar-refractivity contribution >= 4 is 5.69 Å². The first-order valence-electron chi connectivity index (χ1n) is 8.37. The van der Waals surface area contributed by atoms with E-state index >= 15 is 0 Å². The van der Waals surface area contributed by atoms with Crippen LogP contribution in [0.3, 0.4) is 0 Å². The molecule has 3 heteroatoms. The summed E-state index contributed by atoms with van der Waals surface area (Å²) in [5, 5.41) is 13.6. The van der Waals surface area contributed by atoms with Crippen molar-refractivity contribution < 1.29 is 5.11 Å². The van der Waals surface area contributed by atoms with Gasteiger partial charge in [-0.15, -0.1) is 0 Å². The predicted molar refractivity (Wildman–Crippen MR) is 97.2 cm³/mol. The second kappa shape index (κ2) is 8.70. The van der Waals surface area contributed by atoms with Gasteiger partial charge in [0.05, 0.1) is 12.1 Å². The molecule has 2 rings (SSSR count). The van der Waals surface area contributed by atoms with Crippen LogP contribution in [0.15, 0.2) is 54.6 Å². The molecule has 0 amide bonds. The monoisotopic (exact) mass is 312 g/mol. The zero-order chi connectivity index (χ0) is 16.7. The molecule has 0 aliphatic rings. The molecule has 2 aromatic carbocycles. The van der Waals surface area contributed by atoms with Crippen LogP contribution >= 0.6 is 0 Å². The molecule has 0 bridgehead atoms. The number of hydrogen-bond acceptors (Lipinski definition) is 3. The third-order valence-corrected chi connectivity index (χ3v) is 4.09. The molecular formula is C20H28N2O. The van der Waals surface area contributed by atoms with Crippen molar-refractivity contribution in [2.75, 3.05) is 5.32 Å². The Labute approximate surface area is 139 Å². The van der Waals surface area contributed by atoms with E-state index in [4.69, 9.17) is 5.73 Å². The molecule has 0 aliphatic carbocycles. The normalized spacial score (nSPS) is 13.8. The lowest BCUT2D eigenvalue weighted by atomic mass is 9.96. The van der Waals surface area contributed by atoms with Gasteiger partial charge in [-0.25, -0.2) is 0 Å². The fourth-order valence-electron chi connectivity index (χ4n) is 2.53. The first-order chi connectivity index (χ1) is 11.1. The van der Waals surface area contributed by atoms with Crippen LogP contribution in [0.4, 0.5) is 5.69 Å².